The monoisotopic (exact) mass is 366 g/mol. The highest BCUT2D eigenvalue weighted by molar-refractivity contribution is 5.91. The van der Waals surface area contributed by atoms with Crippen LogP contribution in [0.3, 0.4) is 0 Å². The maximum absolute atomic E-state index is 12.3. The summed E-state index contributed by atoms with van der Waals surface area (Å²) in [6, 6.07) is 13.0. The first-order chi connectivity index (χ1) is 13.1. The number of methoxy groups -OCH3 is 2. The van der Waals surface area contributed by atoms with Gasteiger partial charge in [-0.25, -0.2) is 4.98 Å². The zero-order valence-electron chi connectivity index (χ0n) is 15.6. The van der Waals surface area contributed by atoms with E-state index in [0.29, 0.717) is 18.7 Å². The van der Waals surface area contributed by atoms with Crippen molar-refractivity contribution >= 4 is 11.6 Å². The highest BCUT2D eigenvalue weighted by Gasteiger charge is 2.09. The number of ether oxygens (including phenoxy) is 2. The number of hydrogen-bond donors (Lipinski definition) is 2. The molecule has 2 N–H and O–H groups in total. The van der Waals surface area contributed by atoms with E-state index in [1.54, 1.807) is 14.2 Å². The molecule has 0 bridgehead atoms. The minimum atomic E-state index is -0.0682. The van der Waals surface area contributed by atoms with Crippen molar-refractivity contribution in [2.24, 2.45) is 0 Å². The molecule has 0 aliphatic heterocycles. The molecule has 0 aliphatic carbocycles. The van der Waals surface area contributed by atoms with Crippen molar-refractivity contribution in [3.05, 3.63) is 53.9 Å². The molecule has 3 rings (SSSR count). The molecular weight excluding hydrogens is 344 g/mol. The number of nitrogens with one attached hydrogen (secondary N) is 2. The second-order valence-electron chi connectivity index (χ2n) is 6.05. The molecule has 7 heteroatoms. The summed E-state index contributed by atoms with van der Waals surface area (Å²) >= 11 is 0. The number of aromatic nitrogens is 3. The molecular formula is C20H22N4O3. The Hall–Kier alpha value is -3.35. The number of H-pyrrole nitrogens is 1. The zero-order chi connectivity index (χ0) is 19.2. The lowest BCUT2D eigenvalue weighted by Crippen LogP contribution is -2.12. The molecule has 0 atom stereocenters. The second kappa shape index (κ2) is 8.35. The Bertz CT molecular complexity index is 919. The van der Waals surface area contributed by atoms with Crippen molar-refractivity contribution < 1.29 is 14.3 Å². The van der Waals surface area contributed by atoms with E-state index < -0.39 is 0 Å². The third kappa shape index (κ3) is 4.63. The number of benzene rings is 2. The van der Waals surface area contributed by atoms with Crippen molar-refractivity contribution in [2.75, 3.05) is 19.5 Å². The highest BCUT2D eigenvalue weighted by Crippen LogP contribution is 2.25. The van der Waals surface area contributed by atoms with Crippen LogP contribution in [0.25, 0.3) is 11.4 Å². The summed E-state index contributed by atoms with van der Waals surface area (Å²) in [4.78, 5) is 16.6. The largest absolute Gasteiger partial charge is 0.497 e. The second-order valence-corrected chi connectivity index (χ2v) is 6.05. The molecule has 0 fully saturated rings. The van der Waals surface area contributed by atoms with Crippen LogP contribution < -0.4 is 14.8 Å². The average molecular weight is 366 g/mol. The first-order valence-corrected chi connectivity index (χ1v) is 8.59. The molecule has 7 nitrogen and oxygen atoms in total. The molecule has 0 radical (unpaired) electrons. The number of aromatic amines is 1. The SMILES string of the molecule is COc1ccc(OC)c(CCC(=O)Nc2ccc(-c3n[nH]c(C)n3)cc2)c1. The van der Waals surface area contributed by atoms with Crippen molar-refractivity contribution in [3.63, 3.8) is 0 Å². The van der Waals surface area contributed by atoms with Gasteiger partial charge in [0.05, 0.1) is 14.2 Å². The van der Waals surface area contributed by atoms with Gasteiger partial charge in [0.1, 0.15) is 17.3 Å². The maximum atomic E-state index is 12.3. The number of nitrogens with zero attached hydrogens (tertiary/aromatic N) is 2. The molecule has 140 valence electrons. The van der Waals surface area contributed by atoms with Crippen LogP contribution in [-0.4, -0.2) is 35.3 Å². The first-order valence-electron chi connectivity index (χ1n) is 8.59. The van der Waals surface area contributed by atoms with Crippen molar-refractivity contribution in [3.8, 4) is 22.9 Å². The average Bonchev–Trinajstić information content (AvgIpc) is 3.13. The standard InChI is InChI=1S/C20H22N4O3/c1-13-21-20(24-23-13)14-4-7-16(8-5-14)22-19(25)11-6-15-12-17(26-2)9-10-18(15)27-3/h4-5,7-10,12H,6,11H2,1-3H3,(H,22,25)(H,21,23,24). The van der Waals surface area contributed by atoms with Gasteiger partial charge in [0.2, 0.25) is 5.91 Å². The molecule has 0 unspecified atom stereocenters. The Morgan fingerprint density at radius 1 is 1.11 bits per heavy atom. The minimum Gasteiger partial charge on any atom is -0.497 e. The molecule has 1 aromatic heterocycles. The van der Waals surface area contributed by atoms with E-state index in [2.05, 4.69) is 20.5 Å². The Morgan fingerprint density at radius 2 is 1.89 bits per heavy atom. The van der Waals surface area contributed by atoms with Crippen LogP contribution in [0, 0.1) is 6.92 Å². The molecule has 1 amide bonds. The lowest BCUT2D eigenvalue weighted by atomic mass is 10.1. The first kappa shape index (κ1) is 18.4. The van der Waals surface area contributed by atoms with E-state index in [-0.39, 0.29) is 5.91 Å². The lowest BCUT2D eigenvalue weighted by molar-refractivity contribution is -0.116. The molecule has 0 saturated carbocycles. The third-order valence-corrected chi connectivity index (χ3v) is 4.13. The van der Waals surface area contributed by atoms with Crippen LogP contribution in [0.1, 0.15) is 17.8 Å². The van der Waals surface area contributed by atoms with Gasteiger partial charge in [-0.15, -0.1) is 0 Å². The fourth-order valence-electron chi connectivity index (χ4n) is 2.72. The summed E-state index contributed by atoms with van der Waals surface area (Å²) in [5.41, 5.74) is 2.55. The van der Waals surface area contributed by atoms with Gasteiger partial charge in [-0.1, -0.05) is 0 Å². The van der Waals surface area contributed by atoms with Gasteiger partial charge < -0.3 is 14.8 Å². The number of rotatable bonds is 7. The maximum Gasteiger partial charge on any atom is 0.224 e. The molecule has 1 heterocycles. The van der Waals surface area contributed by atoms with Crippen molar-refractivity contribution in [2.45, 2.75) is 19.8 Å². The van der Waals surface area contributed by atoms with Crippen LogP contribution >= 0.6 is 0 Å². The van der Waals surface area contributed by atoms with Gasteiger partial charge in [0.15, 0.2) is 5.82 Å². The summed E-state index contributed by atoms with van der Waals surface area (Å²) in [6.07, 6.45) is 0.895. The molecule has 0 saturated heterocycles. The van der Waals surface area contributed by atoms with Crippen molar-refractivity contribution in [1.82, 2.24) is 15.2 Å². The fourth-order valence-corrected chi connectivity index (χ4v) is 2.72. The third-order valence-electron chi connectivity index (χ3n) is 4.13. The Kier molecular flexibility index (Phi) is 5.71. The normalized spacial score (nSPS) is 10.5. The molecule has 3 aromatic rings. The quantitative estimate of drug-likeness (QED) is 0.669. The summed E-state index contributed by atoms with van der Waals surface area (Å²) in [6.45, 7) is 1.85. The Balaban J connectivity index is 1.59. The summed E-state index contributed by atoms with van der Waals surface area (Å²) in [7, 11) is 3.23. The van der Waals surface area contributed by atoms with E-state index in [4.69, 9.17) is 9.47 Å². The number of carbonyl (C=O) groups excluding carboxylic acids is 1. The summed E-state index contributed by atoms with van der Waals surface area (Å²) < 4.78 is 10.6. The number of hydrogen-bond acceptors (Lipinski definition) is 5. The van der Waals surface area contributed by atoms with Crippen LogP contribution in [0.5, 0.6) is 11.5 Å². The van der Waals surface area contributed by atoms with Crippen molar-refractivity contribution in [1.29, 1.82) is 0 Å². The van der Waals surface area contributed by atoms with Crippen LogP contribution in [-0.2, 0) is 11.2 Å². The molecule has 0 spiro atoms. The minimum absolute atomic E-state index is 0.0682. The number of amides is 1. The number of carbonyl (C=O) groups is 1. The van der Waals surface area contributed by atoms with E-state index in [0.717, 1.165) is 34.1 Å². The van der Waals surface area contributed by atoms with Gasteiger partial charge in [0, 0.05) is 17.7 Å². The van der Waals surface area contributed by atoms with E-state index in [1.807, 2.05) is 49.4 Å². The van der Waals surface area contributed by atoms with Crippen LogP contribution in [0.2, 0.25) is 0 Å². The van der Waals surface area contributed by atoms with Gasteiger partial charge in [0.25, 0.3) is 0 Å². The molecule has 27 heavy (non-hydrogen) atoms. The number of anilines is 1. The summed E-state index contributed by atoms with van der Waals surface area (Å²) in [5, 5.41) is 9.84. The fraction of sp³-hybridized carbons (Fsp3) is 0.250. The van der Waals surface area contributed by atoms with Gasteiger partial charge in [-0.3, -0.25) is 9.89 Å². The van der Waals surface area contributed by atoms with Crippen LogP contribution in [0.15, 0.2) is 42.5 Å². The van der Waals surface area contributed by atoms with Gasteiger partial charge in [-0.05, 0) is 61.4 Å². The topological polar surface area (TPSA) is 89.1 Å². The van der Waals surface area contributed by atoms with Gasteiger partial charge in [-0.2, -0.15) is 5.10 Å². The zero-order valence-corrected chi connectivity index (χ0v) is 15.6. The number of aryl methyl sites for hydroxylation is 2. The lowest BCUT2D eigenvalue weighted by Gasteiger charge is -2.11. The van der Waals surface area contributed by atoms with Gasteiger partial charge >= 0.3 is 0 Å². The molecule has 2 aromatic carbocycles. The predicted octanol–water partition coefficient (Wildman–Crippen LogP) is 3.37. The summed E-state index contributed by atoms with van der Waals surface area (Å²) in [5.74, 6) is 2.81. The van der Waals surface area contributed by atoms with E-state index in [1.165, 1.54) is 0 Å². The highest BCUT2D eigenvalue weighted by atomic mass is 16.5. The Morgan fingerprint density at radius 3 is 2.52 bits per heavy atom. The van der Waals surface area contributed by atoms with Crippen LogP contribution in [0.4, 0.5) is 5.69 Å². The van der Waals surface area contributed by atoms with E-state index >= 15 is 0 Å². The Labute approximate surface area is 157 Å². The molecule has 0 aliphatic rings. The van der Waals surface area contributed by atoms with E-state index in [9.17, 15) is 4.79 Å². The smallest absolute Gasteiger partial charge is 0.224 e. The predicted molar refractivity (Wildman–Crippen MR) is 103 cm³/mol.